The summed E-state index contributed by atoms with van der Waals surface area (Å²) in [6.07, 6.45) is 1.55. The normalized spacial score (nSPS) is 11.3. The van der Waals surface area contributed by atoms with Gasteiger partial charge < -0.3 is 14.2 Å². The average molecular weight is 498 g/mol. The van der Waals surface area contributed by atoms with E-state index in [0.717, 1.165) is 22.4 Å². The van der Waals surface area contributed by atoms with Gasteiger partial charge in [0, 0.05) is 5.69 Å². The molecule has 3 aromatic rings. The zero-order valence-corrected chi connectivity index (χ0v) is 21.3. The van der Waals surface area contributed by atoms with Crippen molar-refractivity contribution < 1.29 is 17.3 Å². The smallest absolute Gasteiger partial charge is 0.339 e. The third-order valence-corrected chi connectivity index (χ3v) is 6.67. The quantitative estimate of drug-likeness (QED) is 0.205. The second kappa shape index (κ2) is 10.7. The number of ether oxygens (including phenoxy) is 1. The largest absolute Gasteiger partial charge is 0.493 e. The first-order valence-corrected chi connectivity index (χ1v) is 12.3. The van der Waals surface area contributed by atoms with Gasteiger partial charge in [-0.1, -0.05) is 30.3 Å². The van der Waals surface area contributed by atoms with Crippen molar-refractivity contribution in [1.29, 1.82) is 0 Å². The van der Waals surface area contributed by atoms with Crippen molar-refractivity contribution in [3.8, 4) is 11.5 Å². The number of methoxy groups -OCH3 is 1. The zero-order chi connectivity index (χ0) is 24.9. The molecule has 0 atom stereocenters. The Balaban J connectivity index is 1.72. The lowest BCUT2D eigenvalue weighted by Gasteiger charge is -2.13. The number of rotatable bonds is 7. The summed E-state index contributed by atoms with van der Waals surface area (Å²) in [5.74, 6) is 0.342. The molecule has 3 aromatic carbocycles. The van der Waals surface area contributed by atoms with Gasteiger partial charge in [0.1, 0.15) is 4.90 Å². The van der Waals surface area contributed by atoms with Crippen molar-refractivity contribution in [3.05, 3.63) is 82.4 Å². The summed E-state index contributed by atoms with van der Waals surface area (Å²) in [7, 11) is -2.59. The summed E-state index contributed by atoms with van der Waals surface area (Å²) in [6.45, 7) is 7.54. The maximum absolute atomic E-state index is 12.8. The molecule has 34 heavy (non-hydrogen) atoms. The predicted octanol–water partition coefficient (Wildman–Crippen LogP) is 5.02. The minimum atomic E-state index is -4.03. The van der Waals surface area contributed by atoms with Crippen LogP contribution in [0.2, 0.25) is 0 Å². The fraction of sp³-hybridized carbons (Fsp3) is 0.200. The highest BCUT2D eigenvalue weighted by Crippen LogP contribution is 2.31. The molecule has 2 N–H and O–H groups in total. The minimum absolute atomic E-state index is 0.0840. The van der Waals surface area contributed by atoms with Crippen LogP contribution in [0.3, 0.4) is 0 Å². The molecule has 0 aliphatic rings. The summed E-state index contributed by atoms with van der Waals surface area (Å²) in [5, 5.41) is 7.64. The van der Waals surface area contributed by atoms with Crippen LogP contribution in [0.15, 0.2) is 64.6 Å². The van der Waals surface area contributed by atoms with Gasteiger partial charge in [0.25, 0.3) is 0 Å². The maximum Gasteiger partial charge on any atom is 0.339 e. The molecule has 0 unspecified atom stereocenters. The van der Waals surface area contributed by atoms with E-state index in [1.807, 2.05) is 45.0 Å². The monoisotopic (exact) mass is 497 g/mol. The number of hydrogen-bond acceptors (Lipinski definition) is 6. The molecule has 0 amide bonds. The van der Waals surface area contributed by atoms with Gasteiger partial charge in [-0.2, -0.15) is 13.5 Å². The number of anilines is 1. The Morgan fingerprint density at radius 3 is 2.32 bits per heavy atom. The Hall–Kier alpha value is -3.43. The summed E-state index contributed by atoms with van der Waals surface area (Å²) in [5.41, 5.74) is 7.95. The van der Waals surface area contributed by atoms with Gasteiger partial charge in [-0.15, -0.1) is 0 Å². The summed E-state index contributed by atoms with van der Waals surface area (Å²) < 4.78 is 36.4. The third kappa shape index (κ3) is 6.12. The number of nitrogens with zero attached hydrogens (tertiary/aromatic N) is 1. The van der Waals surface area contributed by atoms with Crippen LogP contribution < -0.4 is 19.7 Å². The molecule has 0 bridgehead atoms. The first-order chi connectivity index (χ1) is 16.1. The summed E-state index contributed by atoms with van der Waals surface area (Å²) in [4.78, 5) is 0.120. The van der Waals surface area contributed by atoms with Crippen LogP contribution >= 0.6 is 12.2 Å². The zero-order valence-electron chi connectivity index (χ0n) is 19.7. The van der Waals surface area contributed by atoms with Crippen molar-refractivity contribution in [1.82, 2.24) is 5.43 Å². The molecule has 3 rings (SSSR count). The van der Waals surface area contributed by atoms with Gasteiger partial charge in [0.15, 0.2) is 16.6 Å². The van der Waals surface area contributed by atoms with Crippen LogP contribution in [0, 0.1) is 27.7 Å². The van der Waals surface area contributed by atoms with Crippen molar-refractivity contribution in [3.63, 3.8) is 0 Å². The Bertz CT molecular complexity index is 1330. The van der Waals surface area contributed by atoms with Gasteiger partial charge in [0.2, 0.25) is 0 Å². The molecule has 0 spiro atoms. The van der Waals surface area contributed by atoms with Crippen LogP contribution in [0.5, 0.6) is 11.5 Å². The summed E-state index contributed by atoms with van der Waals surface area (Å²) in [6, 6.07) is 16.0. The second-order valence-electron chi connectivity index (χ2n) is 7.81. The standard InChI is InChI=1S/C25H27N3O4S2/c1-16-9-10-17(2)23(13-16)34(29,30)32-21-12-11-20(14-22(21)31-5)15-26-28-25(33)27-24-18(3)7-6-8-19(24)4/h6-15H,1-5H3,(H2,27,28,33)/b26-15-. The van der Waals surface area contributed by atoms with E-state index in [1.54, 1.807) is 37.4 Å². The molecule has 178 valence electrons. The molecular formula is C25H27N3O4S2. The van der Waals surface area contributed by atoms with Crippen LogP contribution in [0.4, 0.5) is 5.69 Å². The molecule has 0 saturated carbocycles. The predicted molar refractivity (Wildman–Crippen MR) is 140 cm³/mol. The average Bonchev–Trinajstić information content (AvgIpc) is 2.78. The topological polar surface area (TPSA) is 89.0 Å². The number of nitrogens with one attached hydrogen (secondary N) is 2. The highest BCUT2D eigenvalue weighted by molar-refractivity contribution is 7.87. The Kier molecular flexibility index (Phi) is 7.90. The lowest BCUT2D eigenvalue weighted by Crippen LogP contribution is -2.24. The molecular weight excluding hydrogens is 470 g/mol. The van der Waals surface area contributed by atoms with Gasteiger partial charge in [-0.3, -0.25) is 5.43 Å². The van der Waals surface area contributed by atoms with E-state index in [1.165, 1.54) is 13.2 Å². The number of benzene rings is 3. The van der Waals surface area contributed by atoms with E-state index in [9.17, 15) is 8.42 Å². The van der Waals surface area contributed by atoms with E-state index >= 15 is 0 Å². The van der Waals surface area contributed by atoms with E-state index in [0.29, 0.717) is 16.2 Å². The second-order valence-corrected chi connectivity index (χ2v) is 9.73. The van der Waals surface area contributed by atoms with Crippen LogP contribution in [-0.4, -0.2) is 26.9 Å². The number of hydrazone groups is 1. The highest BCUT2D eigenvalue weighted by Gasteiger charge is 2.21. The first-order valence-electron chi connectivity index (χ1n) is 10.5. The van der Waals surface area contributed by atoms with Gasteiger partial charge >= 0.3 is 10.1 Å². The lowest BCUT2D eigenvalue weighted by molar-refractivity contribution is 0.390. The Morgan fingerprint density at radius 2 is 1.65 bits per heavy atom. The molecule has 0 saturated heterocycles. The molecule has 0 aliphatic heterocycles. The van der Waals surface area contributed by atoms with E-state index in [4.69, 9.17) is 21.1 Å². The van der Waals surface area contributed by atoms with Crippen molar-refractivity contribution >= 4 is 39.4 Å². The Labute approximate surface area is 205 Å². The lowest BCUT2D eigenvalue weighted by atomic mass is 10.1. The molecule has 0 heterocycles. The number of para-hydroxylation sites is 1. The van der Waals surface area contributed by atoms with Crippen LogP contribution in [-0.2, 0) is 10.1 Å². The van der Waals surface area contributed by atoms with Gasteiger partial charge in [-0.05, 0) is 92.0 Å². The van der Waals surface area contributed by atoms with Crippen LogP contribution in [0.25, 0.3) is 0 Å². The van der Waals surface area contributed by atoms with Crippen molar-refractivity contribution in [2.75, 3.05) is 12.4 Å². The highest BCUT2D eigenvalue weighted by atomic mass is 32.2. The third-order valence-electron chi connectivity index (χ3n) is 5.10. The van der Waals surface area contributed by atoms with Crippen molar-refractivity contribution in [2.45, 2.75) is 32.6 Å². The fourth-order valence-corrected chi connectivity index (χ4v) is 4.70. The number of hydrogen-bond donors (Lipinski definition) is 2. The van der Waals surface area contributed by atoms with E-state index < -0.39 is 10.1 Å². The molecule has 0 radical (unpaired) electrons. The summed E-state index contributed by atoms with van der Waals surface area (Å²) >= 11 is 5.32. The first kappa shape index (κ1) is 25.2. The molecule has 0 aromatic heterocycles. The minimum Gasteiger partial charge on any atom is -0.493 e. The maximum atomic E-state index is 12.8. The SMILES string of the molecule is COc1cc(/C=N\NC(=S)Nc2c(C)cccc2C)ccc1OS(=O)(=O)c1cc(C)ccc1C. The number of thiocarbonyl (C=S) groups is 1. The Morgan fingerprint density at radius 1 is 0.941 bits per heavy atom. The molecule has 9 heteroatoms. The molecule has 0 fully saturated rings. The molecule has 7 nitrogen and oxygen atoms in total. The molecule has 0 aliphatic carbocycles. The van der Waals surface area contributed by atoms with E-state index in [2.05, 4.69) is 15.8 Å². The van der Waals surface area contributed by atoms with Crippen LogP contribution in [0.1, 0.15) is 27.8 Å². The number of aryl methyl sites for hydroxylation is 4. The van der Waals surface area contributed by atoms with Gasteiger partial charge in [-0.25, -0.2) is 0 Å². The van der Waals surface area contributed by atoms with Crippen molar-refractivity contribution in [2.24, 2.45) is 5.10 Å². The fourth-order valence-electron chi connectivity index (χ4n) is 3.29. The van der Waals surface area contributed by atoms with Gasteiger partial charge in [0.05, 0.1) is 13.3 Å². The van der Waals surface area contributed by atoms with E-state index in [-0.39, 0.29) is 16.4 Å².